The van der Waals surface area contributed by atoms with Gasteiger partial charge in [0, 0.05) is 5.56 Å². The number of methoxy groups -OCH3 is 1. The van der Waals surface area contributed by atoms with E-state index in [0.29, 0.717) is 27.1 Å². The Hall–Kier alpha value is -3.88. The van der Waals surface area contributed by atoms with Crippen LogP contribution in [-0.2, 0) is 17.8 Å². The minimum atomic E-state index is -0.978. The number of aromatic carboxylic acids is 1. The van der Waals surface area contributed by atoms with Crippen LogP contribution in [0.3, 0.4) is 0 Å². The molecule has 1 N–H and O–H groups in total. The number of benzene rings is 3. The highest BCUT2D eigenvalue weighted by atomic mass is 32.2. The number of carboxylic acids is 1. The highest BCUT2D eigenvalue weighted by Crippen LogP contribution is 2.39. The summed E-state index contributed by atoms with van der Waals surface area (Å²) < 4.78 is 12.2. The van der Waals surface area contributed by atoms with Gasteiger partial charge in [0.15, 0.2) is 15.8 Å². The summed E-state index contributed by atoms with van der Waals surface area (Å²) in [4.78, 5) is 26.2. The maximum absolute atomic E-state index is 13.1. The van der Waals surface area contributed by atoms with E-state index in [9.17, 15) is 9.59 Å². The number of allylic oxidation sites excluding steroid dienone is 1. The summed E-state index contributed by atoms with van der Waals surface area (Å²) in [6.07, 6.45) is 4.09. The fraction of sp³-hybridized carbons (Fsp3) is 0.107. The molecule has 0 unspecified atom stereocenters. The predicted molar refractivity (Wildman–Crippen MR) is 147 cm³/mol. The topological polar surface area (TPSA) is 76.1 Å². The number of thioether (sulfide) groups is 1. The Morgan fingerprint density at radius 3 is 2.50 bits per heavy atom. The van der Waals surface area contributed by atoms with E-state index in [1.807, 2.05) is 42.5 Å². The lowest BCUT2D eigenvalue weighted by molar-refractivity contribution is -0.113. The van der Waals surface area contributed by atoms with Crippen LogP contribution in [0, 0.1) is 0 Å². The molecule has 1 aliphatic rings. The molecule has 0 atom stereocenters. The van der Waals surface area contributed by atoms with Crippen molar-refractivity contribution >= 4 is 51.9 Å². The molecule has 1 amide bonds. The zero-order valence-corrected chi connectivity index (χ0v) is 21.1. The molecule has 3 aromatic rings. The Kier molecular flexibility index (Phi) is 7.87. The maximum Gasteiger partial charge on any atom is 0.335 e. The second-order valence-electron chi connectivity index (χ2n) is 7.85. The van der Waals surface area contributed by atoms with E-state index in [1.54, 1.807) is 31.4 Å². The van der Waals surface area contributed by atoms with Gasteiger partial charge in [-0.2, -0.15) is 0 Å². The highest BCUT2D eigenvalue weighted by molar-refractivity contribution is 8.27. The number of para-hydroxylation sites is 1. The lowest BCUT2D eigenvalue weighted by Gasteiger charge is -2.16. The molecule has 0 saturated carbocycles. The lowest BCUT2D eigenvalue weighted by atomic mass is 10.0. The van der Waals surface area contributed by atoms with Crippen LogP contribution in [0.5, 0.6) is 11.5 Å². The van der Waals surface area contributed by atoms with Crippen LogP contribution < -0.4 is 14.4 Å². The Bertz CT molecular complexity index is 1350. The van der Waals surface area contributed by atoms with Crippen molar-refractivity contribution in [3.05, 3.63) is 107 Å². The molecule has 0 radical (unpaired) electrons. The van der Waals surface area contributed by atoms with Gasteiger partial charge >= 0.3 is 5.97 Å². The van der Waals surface area contributed by atoms with E-state index in [2.05, 4.69) is 6.58 Å². The predicted octanol–water partition coefficient (Wildman–Crippen LogP) is 6.11. The Labute approximate surface area is 218 Å². The Morgan fingerprint density at radius 1 is 1.14 bits per heavy atom. The number of thiocarbonyl (C=S) groups is 1. The van der Waals surface area contributed by atoms with Gasteiger partial charge in [0.2, 0.25) is 0 Å². The van der Waals surface area contributed by atoms with Crippen molar-refractivity contribution in [2.75, 3.05) is 12.0 Å². The molecule has 182 valence electrons. The largest absolute Gasteiger partial charge is 0.493 e. The van der Waals surface area contributed by atoms with Crippen molar-refractivity contribution in [1.29, 1.82) is 0 Å². The van der Waals surface area contributed by atoms with Crippen LogP contribution in [0.15, 0.2) is 84.3 Å². The monoisotopic (exact) mass is 517 g/mol. The van der Waals surface area contributed by atoms with E-state index in [1.165, 1.54) is 28.8 Å². The minimum absolute atomic E-state index is 0.175. The number of hydrogen-bond acceptors (Lipinski definition) is 6. The smallest absolute Gasteiger partial charge is 0.335 e. The number of carbonyl (C=O) groups excluding carboxylic acids is 1. The van der Waals surface area contributed by atoms with Crippen molar-refractivity contribution in [3.8, 4) is 11.5 Å². The SMILES string of the molecule is C=CCc1cc(/C=C2/SC(=S)N(c3ccccc3)C2=O)cc(OC)c1OCc1ccc(C(=O)O)cc1. The normalized spacial score (nSPS) is 14.2. The summed E-state index contributed by atoms with van der Waals surface area (Å²) >= 11 is 6.72. The molecule has 1 fully saturated rings. The molecule has 0 bridgehead atoms. The standard InChI is InChI=1S/C28H23NO5S2/c1-3-7-21-14-19(16-24-26(30)29(28(35)36-24)22-8-5-4-6-9-22)15-23(33-2)25(21)34-17-18-10-12-20(13-11-18)27(31)32/h3-6,8-16H,1,7,17H2,2H3,(H,31,32)/b24-16+. The second kappa shape index (κ2) is 11.2. The lowest BCUT2D eigenvalue weighted by Crippen LogP contribution is -2.27. The molecule has 3 aromatic carbocycles. The van der Waals surface area contributed by atoms with Crippen molar-refractivity contribution in [2.24, 2.45) is 0 Å². The van der Waals surface area contributed by atoms with E-state index in [-0.39, 0.29) is 18.1 Å². The molecule has 4 rings (SSSR count). The Morgan fingerprint density at radius 2 is 1.86 bits per heavy atom. The van der Waals surface area contributed by atoms with Gasteiger partial charge in [-0.3, -0.25) is 9.69 Å². The highest BCUT2D eigenvalue weighted by Gasteiger charge is 2.33. The average Bonchev–Trinajstić information content (AvgIpc) is 3.16. The quantitative estimate of drug-likeness (QED) is 0.209. The van der Waals surface area contributed by atoms with Gasteiger partial charge in [-0.15, -0.1) is 6.58 Å². The fourth-order valence-corrected chi connectivity index (χ4v) is 5.01. The first kappa shape index (κ1) is 25.2. The second-order valence-corrected chi connectivity index (χ2v) is 9.52. The summed E-state index contributed by atoms with van der Waals surface area (Å²) in [5.74, 6) is -0.0748. The van der Waals surface area contributed by atoms with E-state index in [0.717, 1.165) is 22.4 Å². The van der Waals surface area contributed by atoms with Crippen molar-refractivity contribution in [3.63, 3.8) is 0 Å². The van der Waals surface area contributed by atoms with Gasteiger partial charge in [-0.05, 0) is 60.0 Å². The molecule has 1 saturated heterocycles. The van der Waals surface area contributed by atoms with Crippen molar-refractivity contribution in [2.45, 2.75) is 13.0 Å². The first-order valence-corrected chi connectivity index (χ1v) is 12.2. The molecule has 0 aromatic heterocycles. The van der Waals surface area contributed by atoms with Crippen LogP contribution in [0.1, 0.15) is 27.0 Å². The number of ether oxygens (including phenoxy) is 2. The number of carbonyl (C=O) groups is 2. The van der Waals surface area contributed by atoms with Gasteiger partial charge in [-0.1, -0.05) is 60.4 Å². The molecule has 36 heavy (non-hydrogen) atoms. The van der Waals surface area contributed by atoms with E-state index < -0.39 is 5.97 Å². The van der Waals surface area contributed by atoms with Gasteiger partial charge in [0.25, 0.3) is 5.91 Å². The number of nitrogens with zero attached hydrogens (tertiary/aromatic N) is 1. The molecule has 0 aliphatic carbocycles. The van der Waals surface area contributed by atoms with E-state index in [4.69, 9.17) is 26.8 Å². The van der Waals surface area contributed by atoms with Crippen LogP contribution >= 0.6 is 24.0 Å². The fourth-order valence-electron chi connectivity index (χ4n) is 3.71. The third kappa shape index (κ3) is 5.50. The van der Waals surface area contributed by atoms with Crippen LogP contribution in [-0.4, -0.2) is 28.4 Å². The molecular formula is C28H23NO5S2. The third-order valence-corrected chi connectivity index (χ3v) is 6.73. The van der Waals surface area contributed by atoms with Gasteiger partial charge in [-0.25, -0.2) is 4.79 Å². The van der Waals surface area contributed by atoms with Crippen LogP contribution in [0.2, 0.25) is 0 Å². The molecular weight excluding hydrogens is 494 g/mol. The van der Waals surface area contributed by atoms with E-state index >= 15 is 0 Å². The summed E-state index contributed by atoms with van der Waals surface area (Å²) in [5.41, 5.74) is 3.38. The summed E-state index contributed by atoms with van der Waals surface area (Å²) in [5, 5.41) is 9.08. The average molecular weight is 518 g/mol. The first-order valence-electron chi connectivity index (χ1n) is 11.0. The number of hydrogen-bond donors (Lipinski definition) is 1. The van der Waals surface area contributed by atoms with Crippen molar-refractivity contribution in [1.82, 2.24) is 0 Å². The van der Waals surface area contributed by atoms with Crippen LogP contribution in [0.4, 0.5) is 5.69 Å². The number of rotatable bonds is 9. The third-order valence-electron chi connectivity index (χ3n) is 5.43. The zero-order chi connectivity index (χ0) is 25.7. The maximum atomic E-state index is 13.1. The number of anilines is 1. The van der Waals surface area contributed by atoms with Gasteiger partial charge in [0.1, 0.15) is 6.61 Å². The minimum Gasteiger partial charge on any atom is -0.493 e. The summed E-state index contributed by atoms with van der Waals surface area (Å²) in [6, 6.07) is 19.6. The molecule has 6 nitrogen and oxygen atoms in total. The van der Waals surface area contributed by atoms with Crippen LogP contribution in [0.25, 0.3) is 6.08 Å². The molecule has 8 heteroatoms. The van der Waals surface area contributed by atoms with Crippen molar-refractivity contribution < 1.29 is 24.2 Å². The Balaban J connectivity index is 1.61. The molecule has 0 spiro atoms. The summed E-state index contributed by atoms with van der Waals surface area (Å²) in [6.45, 7) is 4.08. The molecule has 1 aliphatic heterocycles. The number of amides is 1. The van der Waals surface area contributed by atoms with Gasteiger partial charge < -0.3 is 14.6 Å². The van der Waals surface area contributed by atoms with Gasteiger partial charge in [0.05, 0.1) is 23.3 Å². The number of carboxylic acid groups (broad SMARTS) is 1. The molecule has 1 heterocycles. The first-order chi connectivity index (χ1) is 17.4. The summed E-state index contributed by atoms with van der Waals surface area (Å²) in [7, 11) is 1.56. The zero-order valence-electron chi connectivity index (χ0n) is 19.5.